The van der Waals surface area contributed by atoms with Crippen LogP contribution < -0.4 is 4.74 Å². The number of aliphatic hydroxyl groups excluding tert-OH is 1. The quantitative estimate of drug-likeness (QED) is 0.794. The van der Waals surface area contributed by atoms with Gasteiger partial charge in [0.05, 0.1) is 13.2 Å². The normalized spacial score (nSPS) is 10.6. The molecular formula is C14H18N2O2. The Balaban J connectivity index is 1.76. The number of imidazole rings is 1. The summed E-state index contributed by atoms with van der Waals surface area (Å²) in [4.78, 5) is 4.17. The number of aliphatic hydroxyl groups is 1. The van der Waals surface area contributed by atoms with Crippen molar-refractivity contribution in [2.24, 2.45) is 0 Å². The molecule has 0 aliphatic heterocycles. The number of ether oxygens (including phenoxy) is 1. The third kappa shape index (κ3) is 3.34. The highest BCUT2D eigenvalue weighted by molar-refractivity contribution is 5.27. The van der Waals surface area contributed by atoms with Gasteiger partial charge in [-0.2, -0.15) is 0 Å². The molecule has 0 aliphatic rings. The van der Waals surface area contributed by atoms with Crippen molar-refractivity contribution in [2.75, 3.05) is 6.61 Å². The largest absolute Gasteiger partial charge is 0.494 e. The minimum atomic E-state index is 0.0471. The Hall–Kier alpha value is -1.81. The molecule has 1 aromatic heterocycles. The van der Waals surface area contributed by atoms with Crippen molar-refractivity contribution < 1.29 is 9.84 Å². The molecule has 2 rings (SSSR count). The molecule has 0 unspecified atom stereocenters. The molecule has 1 heterocycles. The first-order valence-corrected chi connectivity index (χ1v) is 6.10. The molecule has 4 heteroatoms. The van der Waals surface area contributed by atoms with E-state index in [2.05, 4.69) is 9.55 Å². The van der Waals surface area contributed by atoms with Gasteiger partial charge < -0.3 is 14.4 Å². The van der Waals surface area contributed by atoms with Crippen molar-refractivity contribution in [1.29, 1.82) is 0 Å². The molecule has 1 N–H and O–H groups in total. The molecule has 0 aliphatic carbocycles. The van der Waals surface area contributed by atoms with E-state index in [1.807, 2.05) is 37.4 Å². The number of benzene rings is 1. The predicted octanol–water partition coefficient (Wildman–Crippen LogP) is 2.15. The Morgan fingerprint density at radius 3 is 3.00 bits per heavy atom. The molecule has 2 aromatic rings. The van der Waals surface area contributed by atoms with E-state index in [4.69, 9.17) is 9.84 Å². The summed E-state index contributed by atoms with van der Waals surface area (Å²) in [5.41, 5.74) is 0.873. The Bertz CT molecular complexity index is 494. The van der Waals surface area contributed by atoms with Gasteiger partial charge in [-0.1, -0.05) is 12.1 Å². The maximum atomic E-state index is 9.02. The van der Waals surface area contributed by atoms with Crippen LogP contribution in [0.15, 0.2) is 36.7 Å². The number of hydrogen-bond donors (Lipinski definition) is 1. The predicted molar refractivity (Wildman–Crippen MR) is 69.4 cm³/mol. The van der Waals surface area contributed by atoms with E-state index in [-0.39, 0.29) is 6.61 Å². The van der Waals surface area contributed by atoms with Crippen LogP contribution in [0.5, 0.6) is 5.75 Å². The lowest BCUT2D eigenvalue weighted by Crippen LogP contribution is -2.05. The molecule has 0 bridgehead atoms. The maximum Gasteiger partial charge on any atom is 0.119 e. The molecule has 0 amide bonds. The monoisotopic (exact) mass is 246 g/mol. The molecule has 0 fully saturated rings. The minimum absolute atomic E-state index is 0.0471. The molecule has 0 saturated carbocycles. The molecular weight excluding hydrogens is 228 g/mol. The zero-order valence-corrected chi connectivity index (χ0v) is 10.5. The van der Waals surface area contributed by atoms with Gasteiger partial charge in [-0.3, -0.25) is 0 Å². The summed E-state index contributed by atoms with van der Waals surface area (Å²) in [6.45, 7) is 3.61. The van der Waals surface area contributed by atoms with Gasteiger partial charge in [0.2, 0.25) is 0 Å². The average molecular weight is 246 g/mol. The first-order chi connectivity index (χ1) is 8.79. The fourth-order valence-electron chi connectivity index (χ4n) is 1.80. The fraction of sp³-hybridized carbons (Fsp3) is 0.357. The van der Waals surface area contributed by atoms with Gasteiger partial charge in [0.25, 0.3) is 0 Å². The van der Waals surface area contributed by atoms with Crippen LogP contribution in [-0.4, -0.2) is 21.3 Å². The second-order valence-electron chi connectivity index (χ2n) is 4.18. The topological polar surface area (TPSA) is 47.3 Å². The van der Waals surface area contributed by atoms with E-state index in [9.17, 15) is 0 Å². The second-order valence-corrected chi connectivity index (χ2v) is 4.18. The van der Waals surface area contributed by atoms with Gasteiger partial charge >= 0.3 is 0 Å². The zero-order chi connectivity index (χ0) is 12.8. The highest BCUT2D eigenvalue weighted by atomic mass is 16.5. The molecule has 0 radical (unpaired) electrons. The first-order valence-electron chi connectivity index (χ1n) is 6.10. The molecule has 0 spiro atoms. The van der Waals surface area contributed by atoms with E-state index >= 15 is 0 Å². The summed E-state index contributed by atoms with van der Waals surface area (Å²) in [6.07, 6.45) is 4.71. The minimum Gasteiger partial charge on any atom is -0.494 e. The standard InChI is InChI=1S/C14H18N2O2/c1-12-15-6-8-16(12)7-3-9-18-14-5-2-4-13(10-14)11-17/h2,4-6,8,10,17H,3,7,9,11H2,1H3. The third-order valence-electron chi connectivity index (χ3n) is 2.82. The Morgan fingerprint density at radius 1 is 1.39 bits per heavy atom. The molecule has 0 saturated heterocycles. The fourth-order valence-corrected chi connectivity index (χ4v) is 1.80. The average Bonchev–Trinajstić information content (AvgIpc) is 2.81. The number of aromatic nitrogens is 2. The summed E-state index contributed by atoms with van der Waals surface area (Å²) in [5, 5.41) is 9.02. The van der Waals surface area contributed by atoms with Crippen LogP contribution in [0.1, 0.15) is 17.8 Å². The summed E-state index contributed by atoms with van der Waals surface area (Å²) < 4.78 is 7.75. The van der Waals surface area contributed by atoms with Gasteiger partial charge in [-0.25, -0.2) is 4.98 Å². The van der Waals surface area contributed by atoms with Crippen LogP contribution in [0.3, 0.4) is 0 Å². The Morgan fingerprint density at radius 2 is 2.28 bits per heavy atom. The van der Waals surface area contributed by atoms with E-state index in [1.165, 1.54) is 0 Å². The SMILES string of the molecule is Cc1nccn1CCCOc1cccc(CO)c1. The van der Waals surface area contributed by atoms with Crippen molar-refractivity contribution in [1.82, 2.24) is 9.55 Å². The van der Waals surface area contributed by atoms with Gasteiger partial charge in [-0.15, -0.1) is 0 Å². The van der Waals surface area contributed by atoms with Gasteiger partial charge in [0, 0.05) is 18.9 Å². The van der Waals surface area contributed by atoms with E-state index < -0.39 is 0 Å². The molecule has 18 heavy (non-hydrogen) atoms. The summed E-state index contributed by atoms with van der Waals surface area (Å²) in [6, 6.07) is 7.53. The van der Waals surface area contributed by atoms with E-state index in [0.717, 1.165) is 30.1 Å². The van der Waals surface area contributed by atoms with Crippen LogP contribution in [0.4, 0.5) is 0 Å². The van der Waals surface area contributed by atoms with Crippen LogP contribution in [0.2, 0.25) is 0 Å². The van der Waals surface area contributed by atoms with Gasteiger partial charge in [0.1, 0.15) is 11.6 Å². The van der Waals surface area contributed by atoms with Gasteiger partial charge in [0.15, 0.2) is 0 Å². The lowest BCUT2D eigenvalue weighted by Gasteiger charge is -2.08. The lowest BCUT2D eigenvalue weighted by atomic mass is 10.2. The summed E-state index contributed by atoms with van der Waals surface area (Å²) in [5.74, 6) is 1.83. The Labute approximate surface area is 107 Å². The van der Waals surface area contributed by atoms with E-state index in [1.54, 1.807) is 6.20 Å². The Kier molecular flexibility index (Phi) is 4.36. The number of aryl methyl sites for hydroxylation is 2. The van der Waals surface area contributed by atoms with Crippen molar-refractivity contribution in [2.45, 2.75) is 26.5 Å². The maximum absolute atomic E-state index is 9.02. The van der Waals surface area contributed by atoms with Crippen LogP contribution in [-0.2, 0) is 13.2 Å². The lowest BCUT2D eigenvalue weighted by molar-refractivity contribution is 0.277. The number of rotatable bonds is 6. The van der Waals surface area contributed by atoms with Crippen LogP contribution >= 0.6 is 0 Å². The van der Waals surface area contributed by atoms with Gasteiger partial charge in [-0.05, 0) is 31.0 Å². The van der Waals surface area contributed by atoms with Crippen molar-refractivity contribution >= 4 is 0 Å². The van der Waals surface area contributed by atoms with Crippen molar-refractivity contribution in [3.8, 4) is 5.75 Å². The smallest absolute Gasteiger partial charge is 0.119 e. The highest BCUT2D eigenvalue weighted by Gasteiger charge is 1.98. The zero-order valence-electron chi connectivity index (χ0n) is 10.5. The van der Waals surface area contributed by atoms with Crippen molar-refractivity contribution in [3.05, 3.63) is 48.0 Å². The molecule has 4 nitrogen and oxygen atoms in total. The van der Waals surface area contributed by atoms with Crippen LogP contribution in [0, 0.1) is 6.92 Å². The first kappa shape index (κ1) is 12.6. The number of nitrogens with zero attached hydrogens (tertiary/aromatic N) is 2. The summed E-state index contributed by atoms with van der Waals surface area (Å²) >= 11 is 0. The number of hydrogen-bond acceptors (Lipinski definition) is 3. The van der Waals surface area contributed by atoms with E-state index in [0.29, 0.717) is 6.61 Å². The van der Waals surface area contributed by atoms with Crippen LogP contribution in [0.25, 0.3) is 0 Å². The molecule has 96 valence electrons. The molecule has 0 atom stereocenters. The third-order valence-corrected chi connectivity index (χ3v) is 2.82. The second kappa shape index (κ2) is 6.21. The summed E-state index contributed by atoms with van der Waals surface area (Å²) in [7, 11) is 0. The van der Waals surface area contributed by atoms with Crippen molar-refractivity contribution in [3.63, 3.8) is 0 Å². The highest BCUT2D eigenvalue weighted by Crippen LogP contribution is 2.13. The molecule has 1 aromatic carbocycles.